The Morgan fingerprint density at radius 1 is 1.40 bits per heavy atom. The minimum atomic E-state index is -0.239. The van der Waals surface area contributed by atoms with Crippen molar-refractivity contribution in [3.8, 4) is 6.07 Å². The van der Waals surface area contributed by atoms with Crippen LogP contribution in [-0.2, 0) is 4.79 Å². The van der Waals surface area contributed by atoms with Crippen molar-refractivity contribution in [1.29, 1.82) is 5.26 Å². The first-order valence-electron chi connectivity index (χ1n) is 7.01. The molecule has 1 amide bonds. The number of carbonyl (C=O) groups is 1. The maximum atomic E-state index is 12.5. The lowest BCUT2D eigenvalue weighted by Crippen LogP contribution is -2.48. The van der Waals surface area contributed by atoms with Crippen molar-refractivity contribution in [3.05, 3.63) is 23.9 Å². The number of aromatic nitrogens is 1. The summed E-state index contributed by atoms with van der Waals surface area (Å²) in [5.41, 5.74) is 0.375. The molecule has 0 aromatic carbocycles. The van der Waals surface area contributed by atoms with Gasteiger partial charge in [0, 0.05) is 32.9 Å². The van der Waals surface area contributed by atoms with Crippen molar-refractivity contribution in [2.24, 2.45) is 5.41 Å². The largest absolute Gasteiger partial charge is 0.355 e. The van der Waals surface area contributed by atoms with Gasteiger partial charge in [0.05, 0.1) is 17.0 Å². The van der Waals surface area contributed by atoms with Crippen LogP contribution in [0, 0.1) is 16.7 Å². The molecule has 0 radical (unpaired) electrons. The second-order valence-electron chi connectivity index (χ2n) is 5.80. The van der Waals surface area contributed by atoms with Gasteiger partial charge in [0.1, 0.15) is 5.82 Å². The monoisotopic (exact) mass is 270 g/mol. The molecule has 2 fully saturated rings. The molecular formula is C15H18N4O. The maximum absolute atomic E-state index is 12.5. The molecule has 0 N–H and O–H groups in total. The van der Waals surface area contributed by atoms with Crippen molar-refractivity contribution >= 4 is 11.7 Å². The van der Waals surface area contributed by atoms with E-state index in [0.717, 1.165) is 44.7 Å². The third-order valence-corrected chi connectivity index (χ3v) is 4.50. The molecule has 5 nitrogen and oxygen atoms in total. The van der Waals surface area contributed by atoms with Gasteiger partial charge in [-0.3, -0.25) is 4.79 Å². The van der Waals surface area contributed by atoms with E-state index in [4.69, 9.17) is 5.26 Å². The highest BCUT2D eigenvalue weighted by atomic mass is 16.2. The minimum absolute atomic E-state index is 0.239. The first kappa shape index (κ1) is 12.9. The zero-order valence-corrected chi connectivity index (χ0v) is 11.7. The third-order valence-electron chi connectivity index (χ3n) is 4.50. The molecule has 2 aliphatic heterocycles. The summed E-state index contributed by atoms with van der Waals surface area (Å²) in [6.07, 6.45) is 4.58. The normalized spacial score (nSPS) is 26.1. The summed E-state index contributed by atoms with van der Waals surface area (Å²) >= 11 is 0. The second-order valence-corrected chi connectivity index (χ2v) is 5.80. The lowest BCUT2D eigenvalue weighted by Gasteiger charge is -2.37. The van der Waals surface area contributed by atoms with Crippen LogP contribution in [0.4, 0.5) is 5.82 Å². The topological polar surface area (TPSA) is 60.2 Å². The predicted octanol–water partition coefficient (Wildman–Crippen LogP) is 1.40. The van der Waals surface area contributed by atoms with E-state index >= 15 is 0 Å². The zero-order valence-electron chi connectivity index (χ0n) is 11.7. The number of likely N-dealkylation sites (tertiary alicyclic amines) is 1. The van der Waals surface area contributed by atoms with Crippen molar-refractivity contribution in [1.82, 2.24) is 9.88 Å². The number of anilines is 1. The summed E-state index contributed by atoms with van der Waals surface area (Å²) in [6.45, 7) is 2.42. The van der Waals surface area contributed by atoms with E-state index in [1.54, 1.807) is 18.3 Å². The Labute approximate surface area is 118 Å². The number of piperidine rings is 1. The first-order chi connectivity index (χ1) is 9.64. The Hall–Kier alpha value is -2.09. The summed E-state index contributed by atoms with van der Waals surface area (Å²) in [5.74, 6) is 1.07. The molecule has 3 heterocycles. The minimum Gasteiger partial charge on any atom is -0.355 e. The quantitative estimate of drug-likeness (QED) is 0.774. The number of nitriles is 1. The molecule has 1 aromatic heterocycles. The number of rotatable bonds is 1. The van der Waals surface area contributed by atoms with Gasteiger partial charge in [-0.05, 0) is 31.4 Å². The molecule has 2 saturated heterocycles. The van der Waals surface area contributed by atoms with Gasteiger partial charge in [-0.2, -0.15) is 5.26 Å². The smallest absolute Gasteiger partial charge is 0.230 e. The summed E-state index contributed by atoms with van der Waals surface area (Å²) in [5, 5.41) is 8.97. The van der Waals surface area contributed by atoms with Gasteiger partial charge in [-0.1, -0.05) is 0 Å². The molecule has 2 aliphatic rings. The second kappa shape index (κ2) is 4.78. The molecule has 0 aliphatic carbocycles. The summed E-state index contributed by atoms with van der Waals surface area (Å²) in [7, 11) is 1.89. The molecule has 1 aromatic rings. The number of hydrogen-bond donors (Lipinski definition) is 0. The van der Waals surface area contributed by atoms with Crippen LogP contribution < -0.4 is 4.90 Å². The standard InChI is InChI=1S/C15H18N4O/c1-18-7-2-4-15(14(18)20)5-8-19(11-15)13-9-12(10-16)3-6-17-13/h3,6,9H,2,4-5,7-8,11H2,1H3/t15-/m0/s1. The highest BCUT2D eigenvalue weighted by Crippen LogP contribution is 2.40. The van der Waals surface area contributed by atoms with Gasteiger partial charge < -0.3 is 9.80 Å². The molecular weight excluding hydrogens is 252 g/mol. The van der Waals surface area contributed by atoms with Crippen LogP contribution in [0.15, 0.2) is 18.3 Å². The molecule has 104 valence electrons. The van der Waals surface area contributed by atoms with Gasteiger partial charge in [-0.25, -0.2) is 4.98 Å². The first-order valence-corrected chi connectivity index (χ1v) is 7.01. The van der Waals surface area contributed by atoms with E-state index < -0.39 is 0 Å². The van der Waals surface area contributed by atoms with Crippen LogP contribution in [0.3, 0.4) is 0 Å². The predicted molar refractivity (Wildman–Crippen MR) is 75.1 cm³/mol. The van der Waals surface area contributed by atoms with Crippen molar-refractivity contribution in [3.63, 3.8) is 0 Å². The molecule has 5 heteroatoms. The van der Waals surface area contributed by atoms with Crippen molar-refractivity contribution in [2.45, 2.75) is 19.3 Å². The van der Waals surface area contributed by atoms with E-state index in [-0.39, 0.29) is 11.3 Å². The van der Waals surface area contributed by atoms with Gasteiger partial charge in [0.15, 0.2) is 0 Å². The Morgan fingerprint density at radius 2 is 2.25 bits per heavy atom. The fourth-order valence-electron chi connectivity index (χ4n) is 3.38. The fraction of sp³-hybridized carbons (Fsp3) is 0.533. The highest BCUT2D eigenvalue weighted by molar-refractivity contribution is 5.84. The van der Waals surface area contributed by atoms with Crippen molar-refractivity contribution < 1.29 is 4.79 Å². The Morgan fingerprint density at radius 3 is 3.05 bits per heavy atom. The highest BCUT2D eigenvalue weighted by Gasteiger charge is 2.47. The van der Waals surface area contributed by atoms with Crippen LogP contribution in [0.25, 0.3) is 0 Å². The van der Waals surface area contributed by atoms with E-state index in [9.17, 15) is 4.79 Å². The number of amides is 1. The fourth-order valence-corrected chi connectivity index (χ4v) is 3.38. The summed E-state index contributed by atoms with van der Waals surface area (Å²) in [6, 6.07) is 5.64. The average molecular weight is 270 g/mol. The van der Waals surface area contributed by atoms with Crippen LogP contribution >= 0.6 is 0 Å². The lowest BCUT2D eigenvalue weighted by molar-refractivity contribution is -0.143. The number of nitrogens with zero attached hydrogens (tertiary/aromatic N) is 4. The van der Waals surface area contributed by atoms with Gasteiger partial charge >= 0.3 is 0 Å². The van der Waals surface area contributed by atoms with Crippen LogP contribution in [0.1, 0.15) is 24.8 Å². The van der Waals surface area contributed by atoms with E-state index in [0.29, 0.717) is 5.56 Å². The Balaban J connectivity index is 1.82. The molecule has 0 saturated carbocycles. The third kappa shape index (κ3) is 2.01. The zero-order chi connectivity index (χ0) is 14.2. The Kier molecular flexibility index (Phi) is 3.09. The SMILES string of the molecule is CN1CCC[C@@]2(CCN(c3cc(C#N)ccn3)C2)C1=O. The number of carbonyl (C=O) groups excluding carboxylic acids is 1. The molecule has 0 bridgehead atoms. The Bertz CT molecular complexity index is 579. The van der Waals surface area contributed by atoms with Crippen LogP contribution in [0.2, 0.25) is 0 Å². The number of hydrogen-bond acceptors (Lipinski definition) is 4. The molecule has 3 rings (SSSR count). The van der Waals surface area contributed by atoms with Gasteiger partial charge in [0.25, 0.3) is 0 Å². The van der Waals surface area contributed by atoms with E-state index in [1.807, 2.05) is 11.9 Å². The molecule has 1 spiro atoms. The van der Waals surface area contributed by atoms with Crippen molar-refractivity contribution in [2.75, 3.05) is 31.6 Å². The maximum Gasteiger partial charge on any atom is 0.230 e. The van der Waals surface area contributed by atoms with E-state index in [1.165, 1.54) is 0 Å². The molecule has 0 unspecified atom stereocenters. The summed E-state index contributed by atoms with van der Waals surface area (Å²) < 4.78 is 0. The van der Waals surface area contributed by atoms with Gasteiger partial charge in [-0.15, -0.1) is 0 Å². The van der Waals surface area contributed by atoms with E-state index in [2.05, 4.69) is 16.0 Å². The van der Waals surface area contributed by atoms with Gasteiger partial charge in [0.2, 0.25) is 5.91 Å². The number of pyridine rings is 1. The van der Waals surface area contributed by atoms with Crippen LogP contribution in [-0.4, -0.2) is 42.5 Å². The summed E-state index contributed by atoms with van der Waals surface area (Å²) in [4.78, 5) is 20.8. The molecule has 1 atom stereocenters. The van der Waals surface area contributed by atoms with Crippen LogP contribution in [0.5, 0.6) is 0 Å². The average Bonchev–Trinajstić information content (AvgIpc) is 2.90. The molecule has 20 heavy (non-hydrogen) atoms. The lowest BCUT2D eigenvalue weighted by atomic mass is 9.78.